The summed E-state index contributed by atoms with van der Waals surface area (Å²) in [6.45, 7) is 1.19. The van der Waals surface area contributed by atoms with Gasteiger partial charge >= 0.3 is 11.7 Å². The molecule has 0 amide bonds. The minimum Gasteiger partial charge on any atom is -0.458 e. The fourth-order valence-electron chi connectivity index (χ4n) is 2.50. The number of halogens is 1. The second-order valence-corrected chi connectivity index (χ2v) is 6.95. The van der Waals surface area contributed by atoms with Crippen molar-refractivity contribution >= 4 is 17.3 Å². The summed E-state index contributed by atoms with van der Waals surface area (Å²) < 4.78 is 29.6. The van der Waals surface area contributed by atoms with Gasteiger partial charge in [0.25, 0.3) is 0 Å². The van der Waals surface area contributed by atoms with Crippen LogP contribution in [-0.2, 0) is 22.7 Å². The molecule has 0 aliphatic rings. The molecule has 0 radical (unpaired) electrons. The first-order valence-corrected chi connectivity index (χ1v) is 9.37. The van der Waals surface area contributed by atoms with Crippen molar-refractivity contribution in [1.29, 1.82) is 0 Å². The first-order valence-electron chi connectivity index (χ1n) is 8.49. The molecule has 0 unspecified atom stereocenters. The van der Waals surface area contributed by atoms with Crippen molar-refractivity contribution in [3.8, 4) is 22.2 Å². The Morgan fingerprint density at radius 2 is 2.00 bits per heavy atom. The Morgan fingerprint density at radius 3 is 2.72 bits per heavy atom. The molecule has 0 atom stereocenters. The van der Waals surface area contributed by atoms with Crippen LogP contribution in [0.25, 0.3) is 22.2 Å². The van der Waals surface area contributed by atoms with Crippen molar-refractivity contribution in [3.63, 3.8) is 0 Å². The van der Waals surface area contributed by atoms with Crippen LogP contribution in [0.5, 0.6) is 0 Å². The topological polar surface area (TPSA) is 100 Å². The molecule has 8 nitrogen and oxygen atoms in total. The Balaban J connectivity index is 1.40. The van der Waals surface area contributed by atoms with Crippen LogP contribution < -0.4 is 5.76 Å². The first kappa shape index (κ1) is 18.8. The van der Waals surface area contributed by atoms with E-state index in [1.165, 1.54) is 35.6 Å². The molecule has 148 valence electrons. The molecule has 0 aliphatic carbocycles. The monoisotopic (exact) mass is 415 g/mol. The number of carbonyl (C=O) groups excluding carboxylic acids is 1. The average molecular weight is 415 g/mol. The van der Waals surface area contributed by atoms with Gasteiger partial charge in [0.15, 0.2) is 0 Å². The number of benzene rings is 1. The predicted octanol–water partition coefficient (Wildman–Crippen LogP) is 3.41. The highest BCUT2D eigenvalue weighted by Gasteiger charge is 2.17. The molecule has 3 heterocycles. The average Bonchev–Trinajstić information content (AvgIpc) is 3.42. The fraction of sp³-hybridized carbons (Fsp3) is 0.158. The van der Waals surface area contributed by atoms with Gasteiger partial charge in [-0.05, 0) is 42.6 Å². The lowest BCUT2D eigenvalue weighted by Crippen LogP contribution is -2.23. The third kappa shape index (κ3) is 4.16. The van der Waals surface area contributed by atoms with Crippen molar-refractivity contribution in [2.24, 2.45) is 0 Å². The number of nitrogens with zero attached hydrogens (tertiary/aromatic N) is 3. The zero-order valence-electron chi connectivity index (χ0n) is 15.1. The lowest BCUT2D eigenvalue weighted by molar-refractivity contribution is -0.146. The van der Waals surface area contributed by atoms with Crippen LogP contribution in [0.15, 0.2) is 55.4 Å². The van der Waals surface area contributed by atoms with E-state index < -0.39 is 24.1 Å². The van der Waals surface area contributed by atoms with Gasteiger partial charge in [-0.15, -0.1) is 16.4 Å². The Morgan fingerprint density at radius 1 is 1.21 bits per heavy atom. The molecule has 0 fully saturated rings. The van der Waals surface area contributed by atoms with Gasteiger partial charge in [-0.3, -0.25) is 4.79 Å². The van der Waals surface area contributed by atoms with Crippen LogP contribution >= 0.6 is 11.3 Å². The number of rotatable bonds is 6. The lowest BCUT2D eigenvalue weighted by atomic mass is 10.2. The van der Waals surface area contributed by atoms with Gasteiger partial charge in [0.2, 0.25) is 11.8 Å². The molecule has 3 aromatic heterocycles. The SMILES string of the molecule is Cc1oc(-c2cccs2)nc1COC(=O)Cn1nc(-c2ccc(F)cc2)oc1=O. The molecule has 0 saturated heterocycles. The lowest BCUT2D eigenvalue weighted by Gasteiger charge is -2.02. The maximum atomic E-state index is 13.0. The summed E-state index contributed by atoms with van der Waals surface area (Å²) in [6, 6.07) is 9.03. The highest BCUT2D eigenvalue weighted by molar-refractivity contribution is 7.13. The van der Waals surface area contributed by atoms with Crippen LogP contribution in [0.2, 0.25) is 0 Å². The summed E-state index contributed by atoms with van der Waals surface area (Å²) in [7, 11) is 0. The number of hydrogen-bond acceptors (Lipinski definition) is 8. The molecule has 4 aromatic rings. The molecule has 1 aromatic carbocycles. The van der Waals surface area contributed by atoms with Crippen LogP contribution in [-0.4, -0.2) is 20.7 Å². The fourth-order valence-corrected chi connectivity index (χ4v) is 3.15. The minimum atomic E-state index is -0.820. The highest BCUT2D eigenvalue weighted by Crippen LogP contribution is 2.26. The van der Waals surface area contributed by atoms with Crippen molar-refractivity contribution in [3.05, 3.63) is 69.6 Å². The number of oxazole rings is 1. The van der Waals surface area contributed by atoms with Crippen LogP contribution in [0.3, 0.4) is 0 Å². The quantitative estimate of drug-likeness (QED) is 0.445. The van der Waals surface area contributed by atoms with E-state index in [4.69, 9.17) is 13.6 Å². The smallest absolute Gasteiger partial charge is 0.437 e. The summed E-state index contributed by atoms with van der Waals surface area (Å²) in [5.74, 6) is -0.955. The summed E-state index contributed by atoms with van der Waals surface area (Å²) in [5.41, 5.74) is 0.899. The summed E-state index contributed by atoms with van der Waals surface area (Å²) >= 11 is 1.49. The molecule has 0 aliphatic heterocycles. The normalized spacial score (nSPS) is 11.0. The molecule has 0 bridgehead atoms. The zero-order chi connectivity index (χ0) is 20.4. The molecule has 0 saturated carbocycles. The van der Waals surface area contributed by atoms with E-state index in [0.29, 0.717) is 22.9 Å². The second-order valence-electron chi connectivity index (χ2n) is 6.00. The second kappa shape index (κ2) is 7.84. The van der Waals surface area contributed by atoms with Crippen molar-refractivity contribution in [2.45, 2.75) is 20.1 Å². The Hall–Kier alpha value is -3.53. The number of esters is 1. The molecule has 0 N–H and O–H groups in total. The van der Waals surface area contributed by atoms with Gasteiger partial charge in [0.05, 0.1) is 4.88 Å². The summed E-state index contributed by atoms with van der Waals surface area (Å²) in [4.78, 5) is 29.2. The van der Waals surface area contributed by atoms with Gasteiger partial charge in [0, 0.05) is 5.56 Å². The van der Waals surface area contributed by atoms with E-state index in [-0.39, 0.29) is 12.5 Å². The van der Waals surface area contributed by atoms with Gasteiger partial charge in [-0.25, -0.2) is 14.2 Å². The van der Waals surface area contributed by atoms with Gasteiger partial charge in [-0.2, -0.15) is 4.68 Å². The number of aromatic nitrogens is 3. The first-order chi connectivity index (χ1) is 14.0. The standard InChI is InChI=1S/C19H14FN3O5S/c1-11-14(21-18(27-11)15-3-2-8-29-15)10-26-16(24)9-23-19(25)28-17(22-23)12-4-6-13(20)7-5-12/h2-8H,9-10H2,1H3. The number of aryl methyl sites for hydroxylation is 1. The molecule has 10 heteroatoms. The van der Waals surface area contributed by atoms with Crippen molar-refractivity contribution < 1.29 is 22.8 Å². The van der Waals surface area contributed by atoms with Crippen LogP contribution in [0.4, 0.5) is 4.39 Å². The molecular formula is C19H14FN3O5S. The predicted molar refractivity (Wildman–Crippen MR) is 101 cm³/mol. The Kier molecular flexibility index (Phi) is 5.09. The molecule has 4 rings (SSSR count). The van der Waals surface area contributed by atoms with E-state index in [2.05, 4.69) is 10.1 Å². The number of ether oxygens (including phenoxy) is 1. The van der Waals surface area contributed by atoms with E-state index in [1.807, 2.05) is 17.5 Å². The Bertz CT molecular complexity index is 1190. The van der Waals surface area contributed by atoms with E-state index >= 15 is 0 Å². The van der Waals surface area contributed by atoms with Gasteiger partial charge in [0.1, 0.15) is 30.4 Å². The minimum absolute atomic E-state index is 0.0178. The largest absolute Gasteiger partial charge is 0.458 e. The van der Waals surface area contributed by atoms with Gasteiger partial charge < -0.3 is 13.6 Å². The summed E-state index contributed by atoms with van der Waals surface area (Å²) in [6.07, 6.45) is 0. The maximum absolute atomic E-state index is 13.0. The van der Waals surface area contributed by atoms with Crippen LogP contribution in [0.1, 0.15) is 11.5 Å². The van der Waals surface area contributed by atoms with E-state index in [9.17, 15) is 14.0 Å². The number of carbonyl (C=O) groups is 1. The Labute approximate surface area is 167 Å². The van der Waals surface area contributed by atoms with Crippen molar-refractivity contribution in [1.82, 2.24) is 14.8 Å². The van der Waals surface area contributed by atoms with E-state index in [0.717, 1.165) is 9.56 Å². The molecule has 29 heavy (non-hydrogen) atoms. The zero-order valence-corrected chi connectivity index (χ0v) is 15.9. The molecule has 0 spiro atoms. The summed E-state index contributed by atoms with van der Waals surface area (Å²) in [5, 5.41) is 5.85. The van der Waals surface area contributed by atoms with Crippen LogP contribution in [0, 0.1) is 12.7 Å². The third-order valence-corrected chi connectivity index (χ3v) is 4.83. The molecular weight excluding hydrogens is 401 g/mol. The van der Waals surface area contributed by atoms with E-state index in [1.54, 1.807) is 6.92 Å². The highest BCUT2D eigenvalue weighted by atomic mass is 32.1. The third-order valence-electron chi connectivity index (χ3n) is 3.97. The maximum Gasteiger partial charge on any atom is 0.437 e. The van der Waals surface area contributed by atoms with Crippen molar-refractivity contribution in [2.75, 3.05) is 0 Å². The van der Waals surface area contributed by atoms with Gasteiger partial charge in [-0.1, -0.05) is 6.07 Å². The number of hydrogen-bond donors (Lipinski definition) is 0. The number of thiophene rings is 1.